The van der Waals surface area contributed by atoms with Gasteiger partial charge >= 0.3 is 11.7 Å². The number of carbonyl (C=O) groups excluding carboxylic acids is 1. The standard InChI is InChI=1S/C28H21BrN4O8/c1-15(28(35)39-3)40-25-21(33(36)37)10-16(11-23(25)38-2)14-30-32-26(31-20-7-5-4-6-19(20)27(32)34)24-13-17-12-18(29)8-9-22(17)41-24/h4-15H,1-3H3/t15-/m1/s1. The molecule has 0 spiro atoms. The lowest BCUT2D eigenvalue weighted by Gasteiger charge is -2.15. The highest BCUT2D eigenvalue weighted by Gasteiger charge is 2.27. The van der Waals surface area contributed by atoms with Gasteiger partial charge in [-0.2, -0.15) is 9.78 Å². The first-order valence-corrected chi connectivity index (χ1v) is 12.9. The summed E-state index contributed by atoms with van der Waals surface area (Å²) < 4.78 is 23.4. The first kappa shape index (κ1) is 27.5. The van der Waals surface area contributed by atoms with E-state index in [4.69, 9.17) is 13.9 Å². The van der Waals surface area contributed by atoms with Crippen molar-refractivity contribution in [3.63, 3.8) is 0 Å². The van der Waals surface area contributed by atoms with Crippen LogP contribution in [0.3, 0.4) is 0 Å². The van der Waals surface area contributed by atoms with Crippen LogP contribution in [0.15, 0.2) is 79.4 Å². The number of para-hydroxylation sites is 1. The highest BCUT2D eigenvalue weighted by molar-refractivity contribution is 9.10. The normalized spacial score (nSPS) is 12.1. The Hall–Kier alpha value is -5.04. The number of halogens is 1. The van der Waals surface area contributed by atoms with Gasteiger partial charge < -0.3 is 18.6 Å². The molecule has 3 aromatic carbocycles. The molecule has 5 rings (SSSR count). The quantitative estimate of drug-likeness (QED) is 0.0973. The van der Waals surface area contributed by atoms with Gasteiger partial charge in [-0.3, -0.25) is 14.9 Å². The molecular formula is C28H21BrN4O8. The number of nitro groups is 1. The Kier molecular flexibility index (Phi) is 7.53. The minimum atomic E-state index is -1.14. The number of aromatic nitrogens is 2. The zero-order chi connectivity index (χ0) is 29.3. The second kappa shape index (κ2) is 11.2. The predicted octanol–water partition coefficient (Wildman–Crippen LogP) is 5.31. The molecule has 1 atom stereocenters. The Morgan fingerprint density at radius 2 is 1.95 bits per heavy atom. The van der Waals surface area contributed by atoms with Gasteiger partial charge in [0.05, 0.1) is 36.3 Å². The number of esters is 1. The minimum absolute atomic E-state index is 0.0246. The Morgan fingerprint density at radius 1 is 1.17 bits per heavy atom. The molecule has 13 heteroatoms. The Balaban J connectivity index is 1.65. The number of nitro benzene ring substituents is 1. The smallest absolute Gasteiger partial charge is 0.346 e. The number of rotatable bonds is 8. The van der Waals surface area contributed by atoms with Crippen LogP contribution in [0.25, 0.3) is 33.5 Å². The molecule has 0 unspecified atom stereocenters. The van der Waals surface area contributed by atoms with Crippen molar-refractivity contribution in [3.8, 4) is 23.1 Å². The number of hydrogen-bond acceptors (Lipinski definition) is 10. The second-order valence-corrected chi connectivity index (χ2v) is 9.63. The van der Waals surface area contributed by atoms with Crippen molar-refractivity contribution in [2.45, 2.75) is 13.0 Å². The number of carbonyl (C=O) groups is 1. The van der Waals surface area contributed by atoms with Gasteiger partial charge in [-0.1, -0.05) is 28.1 Å². The van der Waals surface area contributed by atoms with Gasteiger partial charge in [0.15, 0.2) is 17.6 Å². The highest BCUT2D eigenvalue weighted by atomic mass is 79.9. The van der Waals surface area contributed by atoms with Crippen LogP contribution in [0, 0.1) is 10.1 Å². The lowest BCUT2D eigenvalue weighted by Crippen LogP contribution is -2.25. The van der Waals surface area contributed by atoms with E-state index in [9.17, 15) is 19.7 Å². The summed E-state index contributed by atoms with van der Waals surface area (Å²) in [5, 5.41) is 17.4. The van der Waals surface area contributed by atoms with E-state index in [1.54, 1.807) is 36.4 Å². The molecule has 0 N–H and O–H groups in total. The van der Waals surface area contributed by atoms with Crippen molar-refractivity contribution in [2.75, 3.05) is 14.2 Å². The van der Waals surface area contributed by atoms with Crippen LogP contribution in [0.4, 0.5) is 5.69 Å². The number of fused-ring (bicyclic) bond motifs is 2. The van der Waals surface area contributed by atoms with E-state index in [0.717, 1.165) is 14.5 Å². The van der Waals surface area contributed by atoms with Crippen LogP contribution in [0.5, 0.6) is 11.5 Å². The number of benzene rings is 3. The summed E-state index contributed by atoms with van der Waals surface area (Å²) in [7, 11) is 2.47. The van der Waals surface area contributed by atoms with Crippen molar-refractivity contribution in [2.24, 2.45) is 5.10 Å². The van der Waals surface area contributed by atoms with Crippen molar-refractivity contribution in [1.82, 2.24) is 9.66 Å². The lowest BCUT2D eigenvalue weighted by molar-refractivity contribution is -0.386. The number of furan rings is 1. The predicted molar refractivity (Wildman–Crippen MR) is 154 cm³/mol. The second-order valence-electron chi connectivity index (χ2n) is 8.72. The van der Waals surface area contributed by atoms with Crippen LogP contribution in [0.2, 0.25) is 0 Å². The molecule has 12 nitrogen and oxygen atoms in total. The molecule has 0 fully saturated rings. The molecule has 0 saturated carbocycles. The monoisotopic (exact) mass is 620 g/mol. The molecule has 5 aromatic rings. The number of ether oxygens (including phenoxy) is 3. The summed E-state index contributed by atoms with van der Waals surface area (Å²) >= 11 is 3.44. The molecule has 0 saturated heterocycles. The Morgan fingerprint density at radius 3 is 2.68 bits per heavy atom. The summed E-state index contributed by atoms with van der Waals surface area (Å²) in [5.74, 6) is -0.580. The maximum Gasteiger partial charge on any atom is 0.346 e. The molecule has 0 amide bonds. The van der Waals surface area contributed by atoms with Gasteiger partial charge in [-0.15, -0.1) is 0 Å². The van der Waals surface area contributed by atoms with E-state index in [0.29, 0.717) is 22.2 Å². The largest absolute Gasteiger partial charge is 0.493 e. The van der Waals surface area contributed by atoms with E-state index in [1.807, 2.05) is 12.1 Å². The van der Waals surface area contributed by atoms with Gasteiger partial charge in [0.2, 0.25) is 11.6 Å². The van der Waals surface area contributed by atoms with Gasteiger partial charge in [-0.25, -0.2) is 9.78 Å². The van der Waals surface area contributed by atoms with Crippen molar-refractivity contribution >= 4 is 55.7 Å². The van der Waals surface area contributed by atoms with Gasteiger partial charge in [0, 0.05) is 21.5 Å². The van der Waals surface area contributed by atoms with E-state index >= 15 is 0 Å². The van der Waals surface area contributed by atoms with Crippen LogP contribution < -0.4 is 15.0 Å². The summed E-state index contributed by atoms with van der Waals surface area (Å²) in [4.78, 5) is 41.3. The number of methoxy groups -OCH3 is 2. The van der Waals surface area contributed by atoms with E-state index < -0.39 is 28.2 Å². The summed E-state index contributed by atoms with van der Waals surface area (Å²) in [6, 6.07) is 16.6. The van der Waals surface area contributed by atoms with Crippen LogP contribution in [0.1, 0.15) is 12.5 Å². The van der Waals surface area contributed by atoms with Crippen LogP contribution in [-0.2, 0) is 9.53 Å². The first-order chi connectivity index (χ1) is 19.7. The molecule has 2 heterocycles. The SMILES string of the molecule is COC(=O)[C@@H](C)Oc1c(OC)cc(C=Nn2c(-c3cc4cc(Br)ccc4o3)nc3ccccc3c2=O)cc1[N+](=O)[O-]. The maximum absolute atomic E-state index is 13.5. The van der Waals surface area contributed by atoms with E-state index in [2.05, 4.69) is 30.8 Å². The average Bonchev–Trinajstić information content (AvgIpc) is 3.39. The third-order valence-electron chi connectivity index (χ3n) is 6.08. The topological polar surface area (TPSA) is 148 Å². The molecule has 2 aromatic heterocycles. The fourth-order valence-electron chi connectivity index (χ4n) is 4.12. The third-order valence-corrected chi connectivity index (χ3v) is 6.57. The molecule has 0 aliphatic rings. The van der Waals surface area contributed by atoms with E-state index in [-0.39, 0.29) is 22.9 Å². The van der Waals surface area contributed by atoms with Gasteiger partial charge in [0.1, 0.15) is 5.58 Å². The van der Waals surface area contributed by atoms with Crippen LogP contribution >= 0.6 is 15.9 Å². The molecule has 0 radical (unpaired) electrons. The van der Waals surface area contributed by atoms with E-state index in [1.165, 1.54) is 39.5 Å². The first-order valence-electron chi connectivity index (χ1n) is 12.1. The molecule has 0 aliphatic heterocycles. The fraction of sp³-hybridized carbons (Fsp3) is 0.143. The molecule has 0 bridgehead atoms. The minimum Gasteiger partial charge on any atom is -0.493 e. The summed E-state index contributed by atoms with van der Waals surface area (Å²) in [6.07, 6.45) is 0.116. The van der Waals surface area contributed by atoms with Crippen LogP contribution in [-0.4, -0.2) is 47.1 Å². The molecule has 0 aliphatic carbocycles. The Bertz CT molecular complexity index is 1910. The highest BCUT2D eigenvalue weighted by Crippen LogP contribution is 2.39. The third kappa shape index (κ3) is 5.39. The van der Waals surface area contributed by atoms with Gasteiger partial charge in [0.25, 0.3) is 5.56 Å². The molecule has 41 heavy (non-hydrogen) atoms. The summed E-state index contributed by atoms with van der Waals surface area (Å²) in [6.45, 7) is 1.39. The zero-order valence-electron chi connectivity index (χ0n) is 21.9. The van der Waals surface area contributed by atoms with Crippen molar-refractivity contribution in [1.29, 1.82) is 0 Å². The maximum atomic E-state index is 13.5. The number of hydrogen-bond donors (Lipinski definition) is 0. The lowest BCUT2D eigenvalue weighted by atomic mass is 10.1. The number of nitrogens with zero attached hydrogens (tertiary/aromatic N) is 4. The summed E-state index contributed by atoms with van der Waals surface area (Å²) in [5.41, 5.74) is 0.286. The Labute approximate surface area is 240 Å². The van der Waals surface area contributed by atoms with Crippen molar-refractivity contribution < 1.29 is 28.3 Å². The fourth-order valence-corrected chi connectivity index (χ4v) is 4.50. The molecular weight excluding hydrogens is 600 g/mol. The van der Waals surface area contributed by atoms with Crippen molar-refractivity contribution in [3.05, 3.63) is 91.2 Å². The van der Waals surface area contributed by atoms with Gasteiger partial charge in [-0.05, 0) is 49.4 Å². The molecule has 208 valence electrons. The average molecular weight is 621 g/mol. The zero-order valence-corrected chi connectivity index (χ0v) is 23.4.